The topological polar surface area (TPSA) is 77.5 Å². The Morgan fingerprint density at radius 1 is 1.22 bits per heavy atom. The molecule has 2 aromatic carbocycles. The summed E-state index contributed by atoms with van der Waals surface area (Å²) in [6, 6.07) is 11.0. The predicted octanol–water partition coefficient (Wildman–Crippen LogP) is 3.03. The number of para-hydroxylation sites is 1. The number of halogens is 1. The van der Waals surface area contributed by atoms with Crippen molar-refractivity contribution in [2.75, 3.05) is 19.9 Å². The molecule has 3 heterocycles. The fourth-order valence-corrected chi connectivity index (χ4v) is 5.55. The van der Waals surface area contributed by atoms with Crippen molar-refractivity contribution in [3.05, 3.63) is 64.2 Å². The predicted molar refractivity (Wildman–Crippen MR) is 115 cm³/mol. The Hall–Kier alpha value is -2.74. The Balaban J connectivity index is 1.29. The van der Waals surface area contributed by atoms with Crippen molar-refractivity contribution >= 4 is 17.6 Å². The second-order valence-electron chi connectivity index (χ2n) is 8.50. The van der Waals surface area contributed by atoms with Gasteiger partial charge in [0.1, 0.15) is 18.0 Å². The van der Waals surface area contributed by atoms with Gasteiger partial charge in [-0.2, -0.15) is 0 Å². The molecule has 0 spiro atoms. The second kappa shape index (κ2) is 7.69. The zero-order valence-corrected chi connectivity index (χ0v) is 18.0. The van der Waals surface area contributed by atoms with E-state index in [9.17, 15) is 9.90 Å². The minimum Gasteiger partial charge on any atom is -0.480 e. The Bertz CT molecular complexity index is 1120. The van der Waals surface area contributed by atoms with Gasteiger partial charge in [-0.1, -0.05) is 35.4 Å². The number of carbonyl (C=O) groups excluding carboxylic acids is 1. The van der Waals surface area contributed by atoms with Crippen molar-refractivity contribution in [2.24, 2.45) is 0 Å². The van der Waals surface area contributed by atoms with Crippen molar-refractivity contribution < 1.29 is 28.8 Å². The first-order valence-electron chi connectivity index (χ1n) is 10.7. The van der Waals surface area contributed by atoms with Gasteiger partial charge in [-0.25, -0.2) is 4.79 Å². The lowest BCUT2D eigenvalue weighted by Crippen LogP contribution is -2.51. The lowest BCUT2D eigenvalue weighted by atomic mass is 9.73. The van der Waals surface area contributed by atoms with Crippen LogP contribution in [0.3, 0.4) is 0 Å². The van der Waals surface area contributed by atoms with E-state index >= 15 is 0 Å². The summed E-state index contributed by atoms with van der Waals surface area (Å²) in [4.78, 5) is 15.1. The number of rotatable bonds is 4. The molecule has 1 saturated heterocycles. The van der Waals surface area contributed by atoms with E-state index in [1.165, 1.54) is 5.57 Å². The van der Waals surface area contributed by atoms with E-state index in [0.29, 0.717) is 16.5 Å². The number of hydrogen-bond acceptors (Lipinski definition) is 7. The molecule has 7 nitrogen and oxygen atoms in total. The summed E-state index contributed by atoms with van der Waals surface area (Å²) in [5, 5.41) is 11.4. The maximum absolute atomic E-state index is 12.7. The summed E-state index contributed by atoms with van der Waals surface area (Å²) in [7, 11) is 0. The number of benzene rings is 2. The van der Waals surface area contributed by atoms with Gasteiger partial charge in [-0.15, -0.1) is 0 Å². The maximum atomic E-state index is 12.7. The molecule has 0 aromatic heterocycles. The van der Waals surface area contributed by atoms with Crippen LogP contribution in [0.25, 0.3) is 0 Å². The molecule has 8 heteroatoms. The van der Waals surface area contributed by atoms with Gasteiger partial charge in [0.05, 0.1) is 5.02 Å². The summed E-state index contributed by atoms with van der Waals surface area (Å²) < 4.78 is 22.5. The largest absolute Gasteiger partial charge is 0.480 e. The number of aliphatic hydroxyl groups excluding tert-OH is 1. The number of aliphatic hydroxyl groups is 1. The van der Waals surface area contributed by atoms with E-state index in [-0.39, 0.29) is 25.4 Å². The molecule has 4 atom stereocenters. The van der Waals surface area contributed by atoms with Gasteiger partial charge in [0, 0.05) is 25.0 Å². The van der Waals surface area contributed by atoms with Crippen LogP contribution < -0.4 is 14.2 Å². The summed E-state index contributed by atoms with van der Waals surface area (Å²) in [6.07, 6.45) is 1.12. The molecular weight excluding hydrogens is 434 g/mol. The molecule has 1 fully saturated rings. The van der Waals surface area contributed by atoms with Crippen LogP contribution in [0.5, 0.6) is 17.2 Å². The first-order chi connectivity index (χ1) is 15.6. The van der Waals surface area contributed by atoms with Gasteiger partial charge in [0.2, 0.25) is 6.79 Å². The summed E-state index contributed by atoms with van der Waals surface area (Å²) in [5.74, 6) is 1.08. The highest BCUT2D eigenvalue weighted by molar-refractivity contribution is 6.32. The van der Waals surface area contributed by atoms with Crippen molar-refractivity contribution in [2.45, 2.75) is 37.1 Å². The SMILES string of the molecule is O=C(COc1ccccc1Cl)OC1C(O)C=C2CCN3Cc4cc5c(cc4C1C23)OCO5. The minimum atomic E-state index is -0.896. The summed E-state index contributed by atoms with van der Waals surface area (Å²) in [5.41, 5.74) is 3.34. The lowest BCUT2D eigenvalue weighted by molar-refractivity contribution is -0.159. The fraction of sp³-hybridized carbons (Fsp3) is 0.375. The first kappa shape index (κ1) is 19.9. The van der Waals surface area contributed by atoms with E-state index in [1.54, 1.807) is 24.3 Å². The highest BCUT2D eigenvalue weighted by Crippen LogP contribution is 2.50. The van der Waals surface area contributed by atoms with Crippen LogP contribution in [0.4, 0.5) is 0 Å². The average molecular weight is 456 g/mol. The third kappa shape index (κ3) is 3.23. The van der Waals surface area contributed by atoms with Crippen molar-refractivity contribution in [3.63, 3.8) is 0 Å². The molecule has 2 aromatic rings. The van der Waals surface area contributed by atoms with E-state index in [2.05, 4.69) is 4.90 Å². The number of nitrogens with zero attached hydrogens (tertiary/aromatic N) is 1. The molecule has 32 heavy (non-hydrogen) atoms. The third-order valence-electron chi connectivity index (χ3n) is 6.69. The molecule has 1 aliphatic carbocycles. The van der Waals surface area contributed by atoms with Crippen molar-refractivity contribution in [1.82, 2.24) is 4.90 Å². The lowest BCUT2D eigenvalue weighted by Gasteiger charge is -2.45. The van der Waals surface area contributed by atoms with Crippen LogP contribution in [0.15, 0.2) is 48.0 Å². The summed E-state index contributed by atoms with van der Waals surface area (Å²) >= 11 is 6.10. The highest BCUT2D eigenvalue weighted by atomic mass is 35.5. The molecule has 166 valence electrons. The minimum absolute atomic E-state index is 0.0913. The molecule has 0 radical (unpaired) electrons. The van der Waals surface area contributed by atoms with Crippen LogP contribution in [0, 0.1) is 0 Å². The van der Waals surface area contributed by atoms with Gasteiger partial charge in [-0.05, 0) is 41.8 Å². The third-order valence-corrected chi connectivity index (χ3v) is 7.01. The monoisotopic (exact) mass is 455 g/mol. The standard InChI is InChI=1S/C24H22ClNO6/c25-16-3-1-2-4-18(16)29-11-21(28)32-24-17(27)7-13-5-6-26-10-14-8-19-20(31-12-30-19)9-15(14)22(24)23(13)26/h1-4,7-9,17,22-24,27H,5-6,10-12H2. The van der Waals surface area contributed by atoms with E-state index in [4.69, 9.17) is 30.5 Å². The Morgan fingerprint density at radius 2 is 2.03 bits per heavy atom. The maximum Gasteiger partial charge on any atom is 0.344 e. The Kier molecular flexibility index (Phi) is 4.78. The number of carbonyl (C=O) groups is 1. The molecule has 4 aliphatic rings. The van der Waals surface area contributed by atoms with Crippen LogP contribution in [0.2, 0.25) is 5.02 Å². The molecular formula is C24H22ClNO6. The molecule has 6 rings (SSSR count). The van der Waals surface area contributed by atoms with E-state index < -0.39 is 18.2 Å². The molecule has 0 bridgehead atoms. The smallest absolute Gasteiger partial charge is 0.344 e. The Labute approximate surface area is 190 Å². The van der Waals surface area contributed by atoms with Gasteiger partial charge in [0.25, 0.3) is 0 Å². The van der Waals surface area contributed by atoms with Gasteiger partial charge >= 0.3 is 5.97 Å². The normalized spacial score (nSPS) is 27.4. The number of hydrogen-bond donors (Lipinski definition) is 1. The number of fused-ring (bicyclic) bond motifs is 3. The highest BCUT2D eigenvalue weighted by Gasteiger charge is 2.50. The number of ether oxygens (including phenoxy) is 4. The van der Waals surface area contributed by atoms with Crippen molar-refractivity contribution in [3.8, 4) is 17.2 Å². The zero-order chi connectivity index (χ0) is 21.8. The number of esters is 1. The van der Waals surface area contributed by atoms with E-state index in [1.807, 2.05) is 18.2 Å². The molecule has 0 saturated carbocycles. The van der Waals surface area contributed by atoms with Crippen LogP contribution in [0.1, 0.15) is 23.5 Å². The molecule has 3 aliphatic heterocycles. The summed E-state index contributed by atoms with van der Waals surface area (Å²) in [6.45, 7) is 1.60. The fourth-order valence-electron chi connectivity index (χ4n) is 5.36. The van der Waals surface area contributed by atoms with Crippen molar-refractivity contribution in [1.29, 1.82) is 0 Å². The van der Waals surface area contributed by atoms with Crippen LogP contribution in [-0.4, -0.2) is 54.2 Å². The molecule has 4 unspecified atom stereocenters. The van der Waals surface area contributed by atoms with Crippen LogP contribution in [-0.2, 0) is 16.1 Å². The van der Waals surface area contributed by atoms with Gasteiger partial charge < -0.3 is 24.1 Å². The van der Waals surface area contributed by atoms with E-state index in [0.717, 1.165) is 36.4 Å². The zero-order valence-electron chi connectivity index (χ0n) is 17.2. The van der Waals surface area contributed by atoms with Crippen LogP contribution >= 0.6 is 11.6 Å². The Morgan fingerprint density at radius 3 is 2.88 bits per heavy atom. The van der Waals surface area contributed by atoms with Gasteiger partial charge in [0.15, 0.2) is 18.1 Å². The molecule has 1 N–H and O–H groups in total. The average Bonchev–Trinajstić information content (AvgIpc) is 3.40. The first-order valence-corrected chi connectivity index (χ1v) is 11.1. The quantitative estimate of drug-likeness (QED) is 0.561. The molecule has 0 amide bonds. The second-order valence-corrected chi connectivity index (χ2v) is 8.91. The van der Waals surface area contributed by atoms with Gasteiger partial charge in [-0.3, -0.25) is 4.90 Å².